The molecule has 0 heterocycles. The number of rotatable bonds is 2. The Morgan fingerprint density at radius 1 is 1.25 bits per heavy atom. The molecule has 1 aromatic carbocycles. The van der Waals surface area contributed by atoms with Crippen molar-refractivity contribution in [2.75, 3.05) is 0 Å². The molecule has 0 aliphatic carbocycles. The third-order valence-electron chi connectivity index (χ3n) is 1.83. The standard InChI is InChI=1S/C8H8F3O4P/c9-8(10,11)6-3-1-2-5(4-6)7(12)16(13,14)15/h1-4,7,12H,(H2,13,14,15). The van der Waals surface area contributed by atoms with Gasteiger partial charge in [0.2, 0.25) is 0 Å². The van der Waals surface area contributed by atoms with E-state index in [1.165, 1.54) is 0 Å². The first-order valence-corrected chi connectivity index (χ1v) is 5.71. The molecule has 1 aromatic rings. The number of hydrogen-bond donors (Lipinski definition) is 3. The van der Waals surface area contributed by atoms with Crippen molar-refractivity contribution in [1.82, 2.24) is 0 Å². The smallest absolute Gasteiger partial charge is 0.376 e. The van der Waals surface area contributed by atoms with Crippen LogP contribution in [0.2, 0.25) is 0 Å². The summed E-state index contributed by atoms with van der Waals surface area (Å²) in [5, 5.41) is 9.12. The van der Waals surface area contributed by atoms with Gasteiger partial charge in [0.25, 0.3) is 0 Å². The summed E-state index contributed by atoms with van der Waals surface area (Å²) in [6.45, 7) is 0. The second-order valence-electron chi connectivity index (χ2n) is 3.09. The van der Waals surface area contributed by atoms with Crippen LogP contribution in [0.3, 0.4) is 0 Å². The first-order valence-electron chi connectivity index (χ1n) is 4.03. The van der Waals surface area contributed by atoms with E-state index in [0.29, 0.717) is 6.07 Å². The van der Waals surface area contributed by atoms with Crippen LogP contribution in [-0.4, -0.2) is 14.9 Å². The van der Waals surface area contributed by atoms with Gasteiger partial charge in [-0.2, -0.15) is 13.2 Å². The lowest BCUT2D eigenvalue weighted by atomic mass is 10.1. The molecule has 0 fully saturated rings. The molecule has 0 amide bonds. The van der Waals surface area contributed by atoms with Crippen LogP contribution in [-0.2, 0) is 10.7 Å². The number of hydrogen-bond acceptors (Lipinski definition) is 2. The van der Waals surface area contributed by atoms with E-state index in [2.05, 4.69) is 0 Å². The average molecular weight is 256 g/mol. The Morgan fingerprint density at radius 2 is 1.81 bits per heavy atom. The van der Waals surface area contributed by atoms with E-state index in [1.54, 1.807) is 0 Å². The number of benzene rings is 1. The molecule has 3 N–H and O–H groups in total. The van der Waals surface area contributed by atoms with E-state index >= 15 is 0 Å². The zero-order chi connectivity index (χ0) is 12.6. The van der Waals surface area contributed by atoms with E-state index in [0.717, 1.165) is 18.2 Å². The second-order valence-corrected chi connectivity index (χ2v) is 4.75. The fourth-order valence-electron chi connectivity index (χ4n) is 1.07. The molecule has 0 aliphatic heterocycles. The summed E-state index contributed by atoms with van der Waals surface area (Å²) in [4.78, 5) is 17.2. The summed E-state index contributed by atoms with van der Waals surface area (Å²) in [5.41, 5.74) is -1.54. The summed E-state index contributed by atoms with van der Waals surface area (Å²) in [6, 6.07) is 3.23. The average Bonchev–Trinajstić information content (AvgIpc) is 2.14. The topological polar surface area (TPSA) is 77.8 Å². The van der Waals surface area contributed by atoms with Crippen LogP contribution in [0.4, 0.5) is 13.2 Å². The predicted molar refractivity (Wildman–Crippen MR) is 48.4 cm³/mol. The fraction of sp³-hybridized carbons (Fsp3) is 0.250. The molecule has 1 atom stereocenters. The Bertz CT molecular complexity index is 426. The zero-order valence-electron chi connectivity index (χ0n) is 7.72. The largest absolute Gasteiger partial charge is 0.416 e. The van der Waals surface area contributed by atoms with E-state index in [4.69, 9.17) is 14.9 Å². The quantitative estimate of drug-likeness (QED) is 0.706. The number of alkyl halides is 3. The van der Waals surface area contributed by atoms with Crippen LogP contribution >= 0.6 is 7.60 Å². The lowest BCUT2D eigenvalue weighted by molar-refractivity contribution is -0.137. The molecular formula is C8H8F3O4P. The third kappa shape index (κ3) is 3.05. The SMILES string of the molecule is O=P(O)(O)C(O)c1cccc(C(F)(F)F)c1. The number of aliphatic hydroxyl groups excluding tert-OH is 1. The summed E-state index contributed by atoms with van der Waals surface area (Å²) in [5.74, 6) is -2.24. The molecule has 90 valence electrons. The van der Waals surface area contributed by atoms with Gasteiger partial charge in [-0.05, 0) is 17.7 Å². The van der Waals surface area contributed by atoms with Gasteiger partial charge in [0.1, 0.15) is 0 Å². The van der Waals surface area contributed by atoms with Gasteiger partial charge in [0.05, 0.1) is 5.56 Å². The molecule has 0 aromatic heterocycles. The van der Waals surface area contributed by atoms with Crippen molar-refractivity contribution in [1.29, 1.82) is 0 Å². The van der Waals surface area contributed by atoms with Crippen molar-refractivity contribution in [3.63, 3.8) is 0 Å². The van der Waals surface area contributed by atoms with Gasteiger partial charge in [-0.15, -0.1) is 0 Å². The van der Waals surface area contributed by atoms with Gasteiger partial charge in [-0.1, -0.05) is 12.1 Å². The van der Waals surface area contributed by atoms with Crippen LogP contribution in [0, 0.1) is 0 Å². The Balaban J connectivity index is 3.14. The van der Waals surface area contributed by atoms with Crippen LogP contribution in [0.15, 0.2) is 24.3 Å². The highest BCUT2D eigenvalue weighted by Gasteiger charge is 2.33. The molecule has 8 heteroatoms. The van der Waals surface area contributed by atoms with Crippen molar-refractivity contribution in [3.05, 3.63) is 35.4 Å². The van der Waals surface area contributed by atoms with Crippen molar-refractivity contribution >= 4 is 7.60 Å². The summed E-state index contributed by atoms with van der Waals surface area (Å²) >= 11 is 0. The molecule has 0 radical (unpaired) electrons. The molecule has 0 saturated heterocycles. The van der Waals surface area contributed by atoms with Gasteiger partial charge in [0.15, 0.2) is 5.85 Å². The second kappa shape index (κ2) is 4.18. The van der Waals surface area contributed by atoms with Gasteiger partial charge in [0, 0.05) is 0 Å². The van der Waals surface area contributed by atoms with Crippen LogP contribution < -0.4 is 0 Å². The van der Waals surface area contributed by atoms with Crippen LogP contribution in [0.1, 0.15) is 17.0 Å². The summed E-state index contributed by atoms with van der Waals surface area (Å²) in [6.07, 6.45) is -4.62. The Morgan fingerprint density at radius 3 is 2.25 bits per heavy atom. The molecule has 1 rings (SSSR count). The highest BCUT2D eigenvalue weighted by Crippen LogP contribution is 2.50. The minimum atomic E-state index is -4.86. The Kier molecular flexibility index (Phi) is 3.44. The lowest BCUT2D eigenvalue weighted by Gasteiger charge is -2.14. The van der Waals surface area contributed by atoms with Gasteiger partial charge < -0.3 is 14.9 Å². The monoisotopic (exact) mass is 256 g/mol. The van der Waals surface area contributed by atoms with Crippen molar-refractivity contribution in [2.45, 2.75) is 12.0 Å². The summed E-state index contributed by atoms with van der Waals surface area (Å²) < 4.78 is 47.4. The maximum absolute atomic E-state index is 12.3. The highest BCUT2D eigenvalue weighted by molar-refractivity contribution is 7.51. The minimum Gasteiger partial charge on any atom is -0.376 e. The molecule has 0 saturated carbocycles. The maximum atomic E-state index is 12.3. The maximum Gasteiger partial charge on any atom is 0.416 e. The van der Waals surface area contributed by atoms with Crippen molar-refractivity contribution < 1.29 is 32.6 Å². The highest BCUT2D eigenvalue weighted by atomic mass is 31.2. The molecule has 4 nitrogen and oxygen atoms in total. The third-order valence-corrected chi connectivity index (χ3v) is 2.77. The Labute approximate surface area is 88.5 Å². The number of halogens is 3. The first-order chi connectivity index (χ1) is 7.12. The van der Waals surface area contributed by atoms with E-state index in [1.807, 2.05) is 0 Å². The predicted octanol–water partition coefficient (Wildman–Crippen LogP) is 1.87. The molecule has 0 bridgehead atoms. The van der Waals surface area contributed by atoms with E-state index in [-0.39, 0.29) is 0 Å². The fourth-order valence-corrected chi connectivity index (χ4v) is 1.62. The van der Waals surface area contributed by atoms with Crippen molar-refractivity contribution in [2.24, 2.45) is 0 Å². The Hall–Kier alpha value is -0.880. The molecule has 16 heavy (non-hydrogen) atoms. The van der Waals surface area contributed by atoms with Gasteiger partial charge >= 0.3 is 13.8 Å². The van der Waals surface area contributed by atoms with Crippen LogP contribution in [0.25, 0.3) is 0 Å². The van der Waals surface area contributed by atoms with Gasteiger partial charge in [-0.25, -0.2) is 0 Å². The van der Waals surface area contributed by atoms with Crippen molar-refractivity contribution in [3.8, 4) is 0 Å². The lowest BCUT2D eigenvalue weighted by Crippen LogP contribution is -2.07. The van der Waals surface area contributed by atoms with Crippen LogP contribution in [0.5, 0.6) is 0 Å². The van der Waals surface area contributed by atoms with E-state index in [9.17, 15) is 17.7 Å². The molecule has 0 aliphatic rings. The van der Waals surface area contributed by atoms with E-state index < -0.39 is 30.7 Å². The molecule has 1 unspecified atom stereocenters. The number of aliphatic hydroxyl groups is 1. The first kappa shape index (κ1) is 13.2. The zero-order valence-corrected chi connectivity index (χ0v) is 8.61. The molecular weight excluding hydrogens is 248 g/mol. The molecule has 0 spiro atoms. The minimum absolute atomic E-state index is 0.469. The van der Waals surface area contributed by atoms with Gasteiger partial charge in [-0.3, -0.25) is 4.57 Å². The summed E-state index contributed by atoms with van der Waals surface area (Å²) in [7, 11) is -4.86. The normalized spacial score (nSPS) is 14.9.